The Bertz CT molecular complexity index is 892. The molecule has 0 aliphatic rings. The second-order valence-electron chi connectivity index (χ2n) is 5.62. The normalized spacial score (nSPS) is 11.0. The number of benzene rings is 2. The second-order valence-corrected chi connectivity index (χ2v) is 8.64. The van der Waals surface area contributed by atoms with Crippen LogP contribution in [0.25, 0.3) is 0 Å². The first kappa shape index (κ1) is 20.0. The molecule has 2 aromatic rings. The minimum absolute atomic E-state index is 0.0974. The van der Waals surface area contributed by atoms with Crippen LogP contribution < -0.4 is 5.32 Å². The van der Waals surface area contributed by atoms with Crippen molar-refractivity contribution >= 4 is 39.2 Å². The van der Waals surface area contributed by atoms with Gasteiger partial charge in [0.05, 0.1) is 11.3 Å². The van der Waals surface area contributed by atoms with E-state index in [0.29, 0.717) is 11.3 Å². The van der Waals surface area contributed by atoms with Gasteiger partial charge in [0.15, 0.2) is 16.4 Å². The average Bonchev–Trinajstić information content (AvgIpc) is 2.59. The van der Waals surface area contributed by atoms with Crippen molar-refractivity contribution < 1.29 is 22.7 Å². The van der Waals surface area contributed by atoms with Gasteiger partial charge in [-0.1, -0.05) is 18.2 Å². The summed E-state index contributed by atoms with van der Waals surface area (Å²) in [4.78, 5) is 24.9. The van der Waals surface area contributed by atoms with Crippen LogP contribution in [0.5, 0.6) is 0 Å². The van der Waals surface area contributed by atoms with Crippen LogP contribution in [-0.2, 0) is 25.1 Å². The summed E-state index contributed by atoms with van der Waals surface area (Å²) in [5.41, 5.74) is 1.46. The van der Waals surface area contributed by atoms with E-state index in [1.165, 1.54) is 12.1 Å². The van der Waals surface area contributed by atoms with Gasteiger partial charge in [-0.25, -0.2) is 13.2 Å². The maximum absolute atomic E-state index is 12.0. The van der Waals surface area contributed by atoms with Crippen LogP contribution in [0, 0.1) is 0 Å². The molecule has 0 bridgehead atoms. The zero-order valence-electron chi connectivity index (χ0n) is 14.4. The smallest absolute Gasteiger partial charge is 0.338 e. The van der Waals surface area contributed by atoms with Crippen molar-refractivity contribution in [1.82, 2.24) is 0 Å². The third kappa shape index (κ3) is 6.53. The number of sulfone groups is 1. The molecule has 0 atom stereocenters. The summed E-state index contributed by atoms with van der Waals surface area (Å²) in [6.07, 6.45) is 3.08. The highest BCUT2D eigenvalue weighted by molar-refractivity contribution is 7.98. The third-order valence-corrected chi connectivity index (χ3v) is 4.89. The van der Waals surface area contributed by atoms with Crippen molar-refractivity contribution in [3.05, 3.63) is 59.7 Å². The Kier molecular flexibility index (Phi) is 6.82. The quantitative estimate of drug-likeness (QED) is 0.575. The standard InChI is InChI=1S/C18H19NO5S2/c1-25-16-5-3-4-15(10-16)19-17(20)11-24-18(21)14-8-6-13(7-9-14)12-26(2,22)23/h3-10H,11-12H2,1-2H3,(H,19,20). The number of esters is 1. The summed E-state index contributed by atoms with van der Waals surface area (Å²) in [6.45, 7) is -0.409. The fourth-order valence-electron chi connectivity index (χ4n) is 2.15. The molecule has 26 heavy (non-hydrogen) atoms. The number of nitrogens with one attached hydrogen (secondary N) is 1. The van der Waals surface area contributed by atoms with E-state index in [2.05, 4.69) is 5.32 Å². The number of ether oxygens (including phenoxy) is 1. The van der Waals surface area contributed by atoms with Crippen LogP contribution in [0.4, 0.5) is 5.69 Å². The van der Waals surface area contributed by atoms with Crippen molar-refractivity contribution in [2.24, 2.45) is 0 Å². The Labute approximate surface area is 156 Å². The highest BCUT2D eigenvalue weighted by Gasteiger charge is 2.11. The molecule has 8 heteroatoms. The molecule has 138 valence electrons. The molecule has 0 aromatic heterocycles. The molecule has 2 rings (SSSR count). The lowest BCUT2D eigenvalue weighted by atomic mass is 10.1. The lowest BCUT2D eigenvalue weighted by Gasteiger charge is -2.08. The van der Waals surface area contributed by atoms with Crippen molar-refractivity contribution in [2.45, 2.75) is 10.6 Å². The number of hydrogen-bond acceptors (Lipinski definition) is 6. The molecule has 0 fully saturated rings. The minimum Gasteiger partial charge on any atom is -0.452 e. The van der Waals surface area contributed by atoms with E-state index in [4.69, 9.17) is 4.74 Å². The predicted octanol–water partition coefficient (Wildman–Crippen LogP) is 2.75. The first-order chi connectivity index (χ1) is 12.3. The summed E-state index contributed by atoms with van der Waals surface area (Å²) in [7, 11) is -3.14. The van der Waals surface area contributed by atoms with E-state index in [-0.39, 0.29) is 11.3 Å². The van der Waals surface area contributed by atoms with Crippen molar-refractivity contribution in [1.29, 1.82) is 0 Å². The van der Waals surface area contributed by atoms with Crippen molar-refractivity contribution in [3.63, 3.8) is 0 Å². The molecule has 0 aliphatic carbocycles. The Morgan fingerprint density at radius 1 is 1.12 bits per heavy atom. The van der Waals surface area contributed by atoms with E-state index < -0.39 is 28.3 Å². The molecule has 2 aromatic carbocycles. The van der Waals surface area contributed by atoms with E-state index in [1.54, 1.807) is 30.0 Å². The van der Waals surface area contributed by atoms with Gasteiger partial charge >= 0.3 is 5.97 Å². The van der Waals surface area contributed by atoms with Crippen molar-refractivity contribution in [2.75, 3.05) is 24.4 Å². The van der Waals surface area contributed by atoms with Gasteiger partial charge in [0, 0.05) is 16.8 Å². The van der Waals surface area contributed by atoms with Gasteiger partial charge in [0.25, 0.3) is 5.91 Å². The van der Waals surface area contributed by atoms with Crippen LogP contribution in [0.1, 0.15) is 15.9 Å². The Morgan fingerprint density at radius 2 is 1.81 bits per heavy atom. The molecule has 0 aliphatic heterocycles. The summed E-state index contributed by atoms with van der Waals surface area (Å²) in [6, 6.07) is 13.4. The number of amides is 1. The number of anilines is 1. The van der Waals surface area contributed by atoms with Gasteiger partial charge in [0.2, 0.25) is 0 Å². The summed E-state index contributed by atoms with van der Waals surface area (Å²) < 4.78 is 27.5. The monoisotopic (exact) mass is 393 g/mol. The zero-order chi connectivity index (χ0) is 19.2. The summed E-state index contributed by atoms with van der Waals surface area (Å²) in [5.74, 6) is -1.19. The lowest BCUT2D eigenvalue weighted by molar-refractivity contribution is -0.119. The summed E-state index contributed by atoms with van der Waals surface area (Å²) >= 11 is 1.56. The van der Waals surface area contributed by atoms with Crippen LogP contribution in [-0.4, -0.2) is 39.4 Å². The fraction of sp³-hybridized carbons (Fsp3) is 0.222. The van der Waals surface area contributed by atoms with Crippen LogP contribution in [0.2, 0.25) is 0 Å². The molecule has 0 saturated heterocycles. The largest absolute Gasteiger partial charge is 0.452 e. The second kappa shape index (κ2) is 8.86. The third-order valence-electron chi connectivity index (χ3n) is 3.31. The van der Waals surface area contributed by atoms with Crippen LogP contribution in [0.15, 0.2) is 53.4 Å². The van der Waals surface area contributed by atoms with Crippen molar-refractivity contribution in [3.8, 4) is 0 Å². The molecule has 6 nitrogen and oxygen atoms in total. The molecule has 0 radical (unpaired) electrons. The van der Waals surface area contributed by atoms with E-state index in [9.17, 15) is 18.0 Å². The molecule has 1 amide bonds. The van der Waals surface area contributed by atoms with E-state index in [0.717, 1.165) is 11.2 Å². The highest BCUT2D eigenvalue weighted by atomic mass is 32.2. The molecule has 0 saturated carbocycles. The maximum atomic E-state index is 12.0. The maximum Gasteiger partial charge on any atom is 0.338 e. The highest BCUT2D eigenvalue weighted by Crippen LogP contribution is 2.18. The van der Waals surface area contributed by atoms with Crippen LogP contribution >= 0.6 is 11.8 Å². The average molecular weight is 393 g/mol. The SMILES string of the molecule is CSc1cccc(NC(=O)COC(=O)c2ccc(CS(C)(=O)=O)cc2)c1. The molecule has 0 spiro atoms. The number of carbonyl (C=O) groups excluding carboxylic acids is 2. The summed E-state index contributed by atoms with van der Waals surface area (Å²) in [5, 5.41) is 2.66. The molecular formula is C18H19NO5S2. The molecule has 0 unspecified atom stereocenters. The minimum atomic E-state index is -3.14. The first-order valence-corrected chi connectivity index (χ1v) is 10.9. The number of thioether (sulfide) groups is 1. The van der Waals surface area contributed by atoms with Gasteiger partial charge in [0.1, 0.15) is 0 Å². The van der Waals surface area contributed by atoms with Gasteiger partial charge in [-0.05, 0) is 42.2 Å². The Hall–Kier alpha value is -2.32. The first-order valence-electron chi connectivity index (χ1n) is 7.64. The van der Waals surface area contributed by atoms with Gasteiger partial charge in [-0.3, -0.25) is 4.79 Å². The van der Waals surface area contributed by atoms with Gasteiger partial charge in [-0.15, -0.1) is 11.8 Å². The number of rotatable bonds is 7. The number of hydrogen-bond donors (Lipinski definition) is 1. The van der Waals surface area contributed by atoms with Gasteiger partial charge < -0.3 is 10.1 Å². The van der Waals surface area contributed by atoms with Crippen LogP contribution in [0.3, 0.4) is 0 Å². The number of carbonyl (C=O) groups is 2. The van der Waals surface area contributed by atoms with E-state index in [1.807, 2.05) is 24.5 Å². The Morgan fingerprint density at radius 3 is 2.42 bits per heavy atom. The lowest BCUT2D eigenvalue weighted by Crippen LogP contribution is -2.21. The fourth-order valence-corrected chi connectivity index (χ4v) is 3.41. The molecule has 1 N–H and O–H groups in total. The predicted molar refractivity (Wildman–Crippen MR) is 102 cm³/mol. The van der Waals surface area contributed by atoms with Gasteiger partial charge in [-0.2, -0.15) is 0 Å². The van der Waals surface area contributed by atoms with E-state index >= 15 is 0 Å². The topological polar surface area (TPSA) is 89.5 Å². The Balaban J connectivity index is 1.88. The zero-order valence-corrected chi connectivity index (χ0v) is 16.0. The molecule has 0 heterocycles. The molecular weight excluding hydrogens is 374 g/mol.